The minimum Gasteiger partial charge on any atom is -0.392 e. The van der Waals surface area contributed by atoms with E-state index in [1.54, 1.807) is 0 Å². The maximum Gasteiger partial charge on any atom is 0.416 e. The molecule has 1 aromatic rings. The van der Waals surface area contributed by atoms with Crippen LogP contribution in [0.5, 0.6) is 0 Å². The fourth-order valence-electron chi connectivity index (χ4n) is 2.15. The Morgan fingerprint density at radius 1 is 1.38 bits per heavy atom. The van der Waals surface area contributed by atoms with Crippen LogP contribution in [-0.4, -0.2) is 10.9 Å². The molecule has 0 unspecified atom stereocenters. The quantitative estimate of drug-likeness (QED) is 0.826. The molecule has 0 aromatic heterocycles. The molecule has 1 amide bonds. The van der Waals surface area contributed by atoms with Crippen LogP contribution >= 0.6 is 23.8 Å². The molecule has 2 rings (SSSR count). The molecule has 21 heavy (non-hydrogen) atoms. The van der Waals surface area contributed by atoms with Crippen molar-refractivity contribution in [2.45, 2.75) is 25.4 Å². The van der Waals surface area contributed by atoms with Crippen LogP contribution in [0.1, 0.15) is 24.8 Å². The third-order valence-electron chi connectivity index (χ3n) is 3.66. The maximum absolute atomic E-state index is 12.5. The van der Waals surface area contributed by atoms with Crippen LogP contribution in [0.3, 0.4) is 0 Å². The molecule has 3 nitrogen and oxygen atoms in total. The number of amides is 1. The summed E-state index contributed by atoms with van der Waals surface area (Å²) in [7, 11) is 0. The second-order valence-corrected chi connectivity index (χ2v) is 5.79. The van der Waals surface area contributed by atoms with Crippen LogP contribution in [0.15, 0.2) is 18.2 Å². The molecule has 0 bridgehead atoms. The van der Waals surface area contributed by atoms with E-state index in [-0.39, 0.29) is 15.7 Å². The Bertz CT molecular complexity index is 600. The number of hydrogen-bond donors (Lipinski definition) is 2. The topological polar surface area (TPSA) is 55.1 Å². The summed E-state index contributed by atoms with van der Waals surface area (Å²) in [5.74, 6) is -0.428. The second kappa shape index (κ2) is 5.46. The van der Waals surface area contributed by atoms with E-state index in [0.29, 0.717) is 12.8 Å². The molecule has 8 heteroatoms. The molecule has 1 fully saturated rings. The first kappa shape index (κ1) is 16.0. The van der Waals surface area contributed by atoms with Gasteiger partial charge in [-0.3, -0.25) is 4.79 Å². The summed E-state index contributed by atoms with van der Waals surface area (Å²) >= 11 is 10.7. The first-order valence-corrected chi connectivity index (χ1v) is 6.93. The zero-order valence-corrected chi connectivity index (χ0v) is 12.3. The summed E-state index contributed by atoms with van der Waals surface area (Å²) in [6.07, 6.45) is -2.59. The predicted octanol–water partition coefficient (Wildman–Crippen LogP) is 3.75. The summed E-state index contributed by atoms with van der Waals surface area (Å²) in [5.41, 5.74) is 3.91. The predicted molar refractivity (Wildman–Crippen MR) is 78.2 cm³/mol. The number of thiocarbonyl (C=S) groups is 1. The summed E-state index contributed by atoms with van der Waals surface area (Å²) < 4.78 is 37.6. The van der Waals surface area contributed by atoms with Crippen LogP contribution in [0.2, 0.25) is 5.02 Å². The lowest BCUT2D eigenvalue weighted by Gasteiger charge is -2.39. The van der Waals surface area contributed by atoms with Crippen molar-refractivity contribution in [3.8, 4) is 0 Å². The number of carbonyl (C=O) groups is 1. The molecule has 0 aliphatic heterocycles. The fraction of sp³-hybridized carbons (Fsp3) is 0.385. The Labute approximate surface area is 129 Å². The van der Waals surface area contributed by atoms with Crippen molar-refractivity contribution in [3.05, 3.63) is 28.8 Å². The SMILES string of the molecule is NC(=S)C1(C(=O)Nc2ccc(C(F)(F)F)cc2Cl)CCC1. The highest BCUT2D eigenvalue weighted by atomic mass is 35.5. The van der Waals surface area contributed by atoms with E-state index in [4.69, 9.17) is 29.6 Å². The normalized spacial score (nSPS) is 17.0. The second-order valence-electron chi connectivity index (χ2n) is 4.95. The van der Waals surface area contributed by atoms with E-state index >= 15 is 0 Å². The first-order valence-electron chi connectivity index (χ1n) is 6.15. The molecule has 0 atom stereocenters. The van der Waals surface area contributed by atoms with Gasteiger partial charge in [0, 0.05) is 0 Å². The zero-order valence-electron chi connectivity index (χ0n) is 10.8. The maximum atomic E-state index is 12.5. The smallest absolute Gasteiger partial charge is 0.392 e. The van der Waals surface area contributed by atoms with Gasteiger partial charge >= 0.3 is 6.18 Å². The number of anilines is 1. The lowest BCUT2D eigenvalue weighted by molar-refractivity contribution is -0.137. The van der Waals surface area contributed by atoms with Crippen LogP contribution in [0, 0.1) is 5.41 Å². The van der Waals surface area contributed by atoms with Crippen molar-refractivity contribution in [3.63, 3.8) is 0 Å². The summed E-state index contributed by atoms with van der Waals surface area (Å²) in [5, 5.41) is 2.32. The molecule has 0 saturated heterocycles. The van der Waals surface area contributed by atoms with Crippen LogP contribution in [-0.2, 0) is 11.0 Å². The Morgan fingerprint density at radius 2 is 2.00 bits per heavy atom. The highest BCUT2D eigenvalue weighted by Gasteiger charge is 2.47. The van der Waals surface area contributed by atoms with Gasteiger partial charge in [-0.1, -0.05) is 30.2 Å². The minimum atomic E-state index is -4.49. The van der Waals surface area contributed by atoms with Crippen LogP contribution in [0.25, 0.3) is 0 Å². The zero-order chi connectivity index (χ0) is 15.8. The van der Waals surface area contributed by atoms with Crippen molar-refractivity contribution in [1.29, 1.82) is 0 Å². The molecule has 1 aromatic carbocycles. The average Bonchev–Trinajstić information content (AvgIpc) is 2.28. The molecule has 0 heterocycles. The van der Waals surface area contributed by atoms with Gasteiger partial charge in [-0.25, -0.2) is 0 Å². The largest absolute Gasteiger partial charge is 0.416 e. The molecule has 1 saturated carbocycles. The standard InChI is InChI=1S/C13H12ClF3N2OS/c14-8-6-7(13(15,16)17)2-3-9(8)19-11(20)12(10(18)21)4-1-5-12/h2-3,6H,1,4-5H2,(H2,18,21)(H,19,20). The van der Waals surface area contributed by atoms with Crippen molar-refractivity contribution in [2.75, 3.05) is 5.32 Å². The first-order chi connectivity index (χ1) is 9.67. The number of benzene rings is 1. The Balaban J connectivity index is 2.21. The van der Waals surface area contributed by atoms with Crippen molar-refractivity contribution in [1.82, 2.24) is 0 Å². The monoisotopic (exact) mass is 336 g/mol. The third kappa shape index (κ3) is 2.98. The number of nitrogens with two attached hydrogens (primary N) is 1. The number of rotatable bonds is 3. The number of halogens is 4. The number of nitrogens with one attached hydrogen (secondary N) is 1. The van der Waals surface area contributed by atoms with Gasteiger partial charge in [0.25, 0.3) is 0 Å². The van der Waals surface area contributed by atoms with Gasteiger partial charge in [0.15, 0.2) is 0 Å². The Kier molecular flexibility index (Phi) is 4.17. The molecule has 1 aliphatic rings. The van der Waals surface area contributed by atoms with Crippen LogP contribution in [0.4, 0.5) is 18.9 Å². The van der Waals surface area contributed by atoms with E-state index in [0.717, 1.165) is 24.6 Å². The van der Waals surface area contributed by atoms with Gasteiger partial charge in [0.05, 0.1) is 26.7 Å². The molecule has 114 valence electrons. The Hall–Kier alpha value is -1.34. The molecular weight excluding hydrogens is 325 g/mol. The van der Waals surface area contributed by atoms with E-state index in [2.05, 4.69) is 5.32 Å². The molecule has 0 radical (unpaired) electrons. The van der Waals surface area contributed by atoms with E-state index in [1.165, 1.54) is 0 Å². The van der Waals surface area contributed by atoms with Gasteiger partial charge in [0.1, 0.15) is 0 Å². The lowest BCUT2D eigenvalue weighted by Crippen LogP contribution is -2.50. The van der Waals surface area contributed by atoms with Gasteiger partial charge in [-0.15, -0.1) is 0 Å². The lowest BCUT2D eigenvalue weighted by atomic mass is 9.68. The third-order valence-corrected chi connectivity index (χ3v) is 4.36. The fourth-order valence-corrected chi connectivity index (χ4v) is 2.68. The molecule has 0 spiro atoms. The van der Waals surface area contributed by atoms with E-state index < -0.39 is 23.1 Å². The van der Waals surface area contributed by atoms with Gasteiger partial charge in [-0.2, -0.15) is 13.2 Å². The highest BCUT2D eigenvalue weighted by Crippen LogP contribution is 2.43. The molecule has 1 aliphatic carbocycles. The minimum absolute atomic E-state index is 0.0919. The average molecular weight is 337 g/mol. The van der Waals surface area contributed by atoms with Gasteiger partial charge < -0.3 is 11.1 Å². The van der Waals surface area contributed by atoms with Gasteiger partial charge in [0.2, 0.25) is 5.91 Å². The number of hydrogen-bond acceptors (Lipinski definition) is 2. The number of alkyl halides is 3. The van der Waals surface area contributed by atoms with Crippen molar-refractivity contribution < 1.29 is 18.0 Å². The van der Waals surface area contributed by atoms with Crippen LogP contribution < -0.4 is 11.1 Å². The summed E-state index contributed by atoms with van der Waals surface area (Å²) in [6, 6.07) is 2.75. The van der Waals surface area contributed by atoms with E-state index in [1.807, 2.05) is 0 Å². The number of carbonyl (C=O) groups excluding carboxylic acids is 1. The Morgan fingerprint density at radius 3 is 2.38 bits per heavy atom. The molecule has 3 N–H and O–H groups in total. The van der Waals surface area contributed by atoms with Crippen molar-refractivity contribution in [2.24, 2.45) is 11.1 Å². The highest BCUT2D eigenvalue weighted by molar-refractivity contribution is 7.80. The van der Waals surface area contributed by atoms with Crippen molar-refractivity contribution >= 4 is 40.4 Å². The molecular formula is C13H12ClF3N2OS. The summed E-state index contributed by atoms with van der Waals surface area (Å²) in [6.45, 7) is 0. The summed E-state index contributed by atoms with van der Waals surface area (Å²) in [4.78, 5) is 12.3. The van der Waals surface area contributed by atoms with Gasteiger partial charge in [-0.05, 0) is 31.0 Å². The van der Waals surface area contributed by atoms with E-state index in [9.17, 15) is 18.0 Å².